The molecule has 0 saturated carbocycles. The maximum atomic E-state index is 13.3. The van der Waals surface area contributed by atoms with E-state index in [4.69, 9.17) is 5.73 Å². The second kappa shape index (κ2) is 7.77. The molecule has 3 aromatic heterocycles. The van der Waals surface area contributed by atoms with Crippen LogP contribution in [0.3, 0.4) is 0 Å². The maximum absolute atomic E-state index is 13.3. The van der Waals surface area contributed by atoms with Crippen LogP contribution in [0.2, 0.25) is 0 Å². The van der Waals surface area contributed by atoms with Crippen LogP contribution in [0, 0.1) is 0 Å². The Morgan fingerprint density at radius 3 is 2.61 bits per heavy atom. The third-order valence-corrected chi connectivity index (χ3v) is 5.46. The summed E-state index contributed by atoms with van der Waals surface area (Å²) in [6, 6.07) is 14.6. The zero-order valence-electron chi connectivity index (χ0n) is 17.5. The first-order chi connectivity index (χ1) is 15.8. The van der Waals surface area contributed by atoms with Gasteiger partial charge in [0, 0.05) is 35.2 Å². The van der Waals surface area contributed by atoms with Gasteiger partial charge >= 0.3 is 6.18 Å². The summed E-state index contributed by atoms with van der Waals surface area (Å²) >= 11 is 0. The molecule has 0 aliphatic heterocycles. The quantitative estimate of drug-likeness (QED) is 0.344. The number of nitrogen functional groups attached to an aromatic ring is 1. The number of rotatable bonds is 4. The van der Waals surface area contributed by atoms with Crippen LogP contribution in [0.4, 0.5) is 24.7 Å². The van der Waals surface area contributed by atoms with E-state index in [1.165, 1.54) is 6.07 Å². The molecule has 1 atom stereocenters. The lowest BCUT2D eigenvalue weighted by atomic mass is 10.0. The van der Waals surface area contributed by atoms with Crippen LogP contribution in [0.15, 0.2) is 73.2 Å². The highest BCUT2D eigenvalue weighted by Crippen LogP contribution is 2.34. The van der Waals surface area contributed by atoms with Crippen molar-refractivity contribution in [1.29, 1.82) is 0 Å². The molecule has 0 radical (unpaired) electrons. The zero-order valence-corrected chi connectivity index (χ0v) is 17.5. The predicted octanol–water partition coefficient (Wildman–Crippen LogP) is 5.72. The topological polar surface area (TPSA) is 81.1 Å². The van der Waals surface area contributed by atoms with E-state index in [1.54, 1.807) is 19.3 Å². The van der Waals surface area contributed by atoms with Crippen molar-refractivity contribution in [3.8, 4) is 11.3 Å². The molecule has 0 saturated heterocycles. The number of hydrogen-bond acceptors (Lipinski definition) is 5. The van der Waals surface area contributed by atoms with Crippen LogP contribution in [0.5, 0.6) is 0 Å². The number of fused-ring (bicyclic) bond motifs is 3. The van der Waals surface area contributed by atoms with Gasteiger partial charge in [-0.3, -0.25) is 9.38 Å². The molecule has 0 spiro atoms. The SMILES string of the molecule is C[C@@H](Nc1nc2nccn2c2ccc(-c3ccccn3)cc12)c1cc(N)cc(C(F)(F)F)c1. The van der Waals surface area contributed by atoms with Gasteiger partial charge in [0.2, 0.25) is 5.78 Å². The molecule has 0 aliphatic carbocycles. The van der Waals surface area contributed by atoms with Crippen molar-refractivity contribution < 1.29 is 13.2 Å². The number of aromatic nitrogens is 4. The summed E-state index contributed by atoms with van der Waals surface area (Å²) in [5, 5.41) is 4.05. The fourth-order valence-corrected chi connectivity index (χ4v) is 3.84. The number of halogens is 3. The minimum atomic E-state index is -4.48. The lowest BCUT2D eigenvalue weighted by Gasteiger charge is -2.19. The van der Waals surface area contributed by atoms with Gasteiger partial charge in [-0.2, -0.15) is 18.2 Å². The molecule has 0 unspecified atom stereocenters. The Balaban J connectivity index is 1.61. The van der Waals surface area contributed by atoms with Crippen LogP contribution in [0.25, 0.3) is 27.9 Å². The number of alkyl halides is 3. The van der Waals surface area contributed by atoms with Gasteiger partial charge in [-0.15, -0.1) is 0 Å². The molecule has 5 rings (SSSR count). The number of anilines is 2. The first-order valence-corrected chi connectivity index (χ1v) is 10.2. The van der Waals surface area contributed by atoms with Crippen molar-refractivity contribution in [2.24, 2.45) is 0 Å². The smallest absolute Gasteiger partial charge is 0.399 e. The third kappa shape index (κ3) is 3.93. The minimum absolute atomic E-state index is 0.0486. The Morgan fingerprint density at radius 1 is 1.00 bits per heavy atom. The molecular formula is C24H19F3N6. The molecule has 9 heteroatoms. The maximum Gasteiger partial charge on any atom is 0.416 e. The standard InChI is InChI=1S/C24H19F3N6/c1-14(16-10-17(24(25,26)27)13-18(28)11-16)31-22-19-12-15(20-4-2-3-7-29-20)5-6-21(19)33-9-8-30-23(33)32-22/h2-14H,28H2,1H3,(H,30,31,32)/t14-/m1/s1. The molecule has 3 N–H and O–H groups in total. The molecule has 0 bridgehead atoms. The Morgan fingerprint density at radius 2 is 1.85 bits per heavy atom. The van der Waals surface area contributed by atoms with E-state index in [1.807, 2.05) is 47.0 Å². The summed E-state index contributed by atoms with van der Waals surface area (Å²) in [5.74, 6) is 0.983. The second-order valence-corrected chi connectivity index (χ2v) is 7.76. The fraction of sp³-hybridized carbons (Fsp3) is 0.125. The number of benzene rings is 2. The highest BCUT2D eigenvalue weighted by Gasteiger charge is 2.31. The van der Waals surface area contributed by atoms with Crippen LogP contribution in [0.1, 0.15) is 24.1 Å². The van der Waals surface area contributed by atoms with Gasteiger partial charge in [-0.25, -0.2) is 4.98 Å². The van der Waals surface area contributed by atoms with Gasteiger partial charge in [0.15, 0.2) is 0 Å². The Kier molecular flexibility index (Phi) is 4.88. The largest absolute Gasteiger partial charge is 0.416 e. The fourth-order valence-electron chi connectivity index (χ4n) is 3.84. The van der Waals surface area contributed by atoms with Crippen molar-refractivity contribution in [3.05, 3.63) is 84.3 Å². The number of pyridine rings is 1. The first kappa shape index (κ1) is 20.7. The first-order valence-electron chi connectivity index (χ1n) is 10.2. The minimum Gasteiger partial charge on any atom is -0.399 e. The summed E-state index contributed by atoms with van der Waals surface area (Å²) in [7, 11) is 0. The number of nitrogens with zero attached hydrogens (tertiary/aromatic N) is 4. The summed E-state index contributed by atoms with van der Waals surface area (Å²) in [6.45, 7) is 1.76. The average molecular weight is 448 g/mol. The number of hydrogen-bond donors (Lipinski definition) is 2. The number of nitrogens with two attached hydrogens (primary N) is 1. The molecule has 0 amide bonds. The molecule has 166 valence electrons. The van der Waals surface area contributed by atoms with E-state index in [0.29, 0.717) is 17.2 Å². The van der Waals surface area contributed by atoms with Crippen LogP contribution < -0.4 is 11.1 Å². The molecule has 2 aromatic carbocycles. The van der Waals surface area contributed by atoms with Gasteiger partial charge in [-0.05, 0) is 55.0 Å². The van der Waals surface area contributed by atoms with E-state index in [0.717, 1.165) is 34.3 Å². The summed E-state index contributed by atoms with van der Waals surface area (Å²) in [6.07, 6.45) is 0.693. The van der Waals surface area contributed by atoms with E-state index in [-0.39, 0.29) is 5.69 Å². The lowest BCUT2D eigenvalue weighted by Crippen LogP contribution is -2.12. The van der Waals surface area contributed by atoms with Gasteiger partial charge in [0.05, 0.1) is 22.8 Å². The third-order valence-electron chi connectivity index (χ3n) is 5.46. The van der Waals surface area contributed by atoms with Crippen molar-refractivity contribution in [2.75, 3.05) is 11.1 Å². The molecule has 6 nitrogen and oxygen atoms in total. The number of nitrogens with one attached hydrogen (secondary N) is 1. The lowest BCUT2D eigenvalue weighted by molar-refractivity contribution is -0.137. The van der Waals surface area contributed by atoms with Gasteiger partial charge in [0.1, 0.15) is 5.82 Å². The molecule has 3 heterocycles. The predicted molar refractivity (Wildman–Crippen MR) is 122 cm³/mol. The van der Waals surface area contributed by atoms with Gasteiger partial charge in [-0.1, -0.05) is 12.1 Å². The van der Waals surface area contributed by atoms with Crippen LogP contribution >= 0.6 is 0 Å². The van der Waals surface area contributed by atoms with Crippen molar-refractivity contribution in [2.45, 2.75) is 19.1 Å². The van der Waals surface area contributed by atoms with Crippen molar-refractivity contribution >= 4 is 28.2 Å². The molecule has 0 fully saturated rings. The monoisotopic (exact) mass is 448 g/mol. The Labute approximate surface area is 186 Å². The van der Waals surface area contributed by atoms with Gasteiger partial charge in [0.25, 0.3) is 0 Å². The van der Waals surface area contributed by atoms with Crippen LogP contribution in [-0.2, 0) is 6.18 Å². The van der Waals surface area contributed by atoms with E-state index in [2.05, 4.69) is 20.3 Å². The van der Waals surface area contributed by atoms with Crippen LogP contribution in [-0.4, -0.2) is 19.4 Å². The van der Waals surface area contributed by atoms with Crippen molar-refractivity contribution in [3.63, 3.8) is 0 Å². The highest BCUT2D eigenvalue weighted by molar-refractivity contribution is 5.94. The summed E-state index contributed by atoms with van der Waals surface area (Å²) in [4.78, 5) is 13.3. The molecule has 0 aliphatic rings. The Hall–Kier alpha value is -4.14. The normalized spacial score (nSPS) is 12.8. The molecular weight excluding hydrogens is 429 g/mol. The average Bonchev–Trinajstić information content (AvgIpc) is 3.27. The van der Waals surface area contributed by atoms with E-state index < -0.39 is 17.8 Å². The molecule has 33 heavy (non-hydrogen) atoms. The van der Waals surface area contributed by atoms with Crippen molar-refractivity contribution in [1.82, 2.24) is 19.4 Å². The van der Waals surface area contributed by atoms with E-state index in [9.17, 15) is 13.2 Å². The summed E-state index contributed by atoms with van der Waals surface area (Å²) in [5.41, 5.74) is 7.97. The second-order valence-electron chi connectivity index (χ2n) is 7.76. The zero-order chi connectivity index (χ0) is 23.2. The van der Waals surface area contributed by atoms with E-state index >= 15 is 0 Å². The number of imidazole rings is 1. The molecule has 5 aromatic rings. The highest BCUT2D eigenvalue weighted by atomic mass is 19.4. The Bertz CT molecular complexity index is 1460. The van der Waals surface area contributed by atoms with Gasteiger partial charge < -0.3 is 11.1 Å². The summed E-state index contributed by atoms with van der Waals surface area (Å²) < 4.78 is 41.7.